The van der Waals surface area contributed by atoms with E-state index in [0.717, 1.165) is 12.0 Å². The van der Waals surface area contributed by atoms with Crippen molar-refractivity contribution in [1.29, 1.82) is 0 Å². The van der Waals surface area contributed by atoms with Gasteiger partial charge in [0.2, 0.25) is 0 Å². The monoisotopic (exact) mass is 239 g/mol. The summed E-state index contributed by atoms with van der Waals surface area (Å²) in [5.74, 6) is 0.111. The highest BCUT2D eigenvalue weighted by Gasteiger charge is 2.09. The molecule has 0 aliphatic carbocycles. The zero-order chi connectivity index (χ0) is 13.0. The predicted molar refractivity (Wildman–Crippen MR) is 74.7 cm³/mol. The van der Waals surface area contributed by atoms with Gasteiger partial charge in [0.1, 0.15) is 0 Å². The Morgan fingerprint density at radius 2 is 1.83 bits per heavy atom. The first-order chi connectivity index (χ1) is 8.66. The number of nitrogen functional groups attached to an aromatic ring is 1. The van der Waals surface area contributed by atoms with E-state index >= 15 is 0 Å². The fourth-order valence-corrected chi connectivity index (χ4v) is 1.95. The minimum Gasteiger partial charge on any atom is -0.398 e. The molecule has 0 bridgehead atoms. The van der Waals surface area contributed by atoms with E-state index in [4.69, 9.17) is 5.73 Å². The highest BCUT2D eigenvalue weighted by atomic mass is 16.1. The molecular weight excluding hydrogens is 222 g/mol. The van der Waals surface area contributed by atoms with Crippen LogP contribution in [0.2, 0.25) is 0 Å². The van der Waals surface area contributed by atoms with Crippen molar-refractivity contribution in [3.63, 3.8) is 0 Å². The number of anilines is 1. The van der Waals surface area contributed by atoms with Gasteiger partial charge in [-0.2, -0.15) is 0 Å². The minimum absolute atomic E-state index is 0.111. The van der Waals surface area contributed by atoms with Crippen molar-refractivity contribution in [3.05, 3.63) is 65.2 Å². The first-order valence-electron chi connectivity index (χ1n) is 6.10. The third kappa shape index (κ3) is 2.98. The van der Waals surface area contributed by atoms with E-state index in [2.05, 4.69) is 0 Å². The number of carbonyl (C=O) groups excluding carboxylic acids is 1. The van der Waals surface area contributed by atoms with Crippen LogP contribution < -0.4 is 5.73 Å². The van der Waals surface area contributed by atoms with Crippen molar-refractivity contribution >= 4 is 11.5 Å². The molecule has 0 aliphatic rings. The molecule has 0 aliphatic heterocycles. The Morgan fingerprint density at radius 1 is 1.11 bits per heavy atom. The maximum absolute atomic E-state index is 12.1. The zero-order valence-electron chi connectivity index (χ0n) is 10.5. The molecule has 0 saturated heterocycles. The Labute approximate surface area is 107 Å². The number of aryl methyl sites for hydroxylation is 2. The number of rotatable bonds is 4. The quantitative estimate of drug-likeness (QED) is 0.656. The lowest BCUT2D eigenvalue weighted by molar-refractivity contribution is 0.0983. The van der Waals surface area contributed by atoms with Crippen molar-refractivity contribution in [2.24, 2.45) is 0 Å². The standard InChI is InChI=1S/C16H17NO/c1-12-7-9-15(17)14(11-12)16(18)10-8-13-5-3-2-4-6-13/h2-7,9,11H,8,10,17H2,1H3. The molecule has 0 aromatic heterocycles. The summed E-state index contributed by atoms with van der Waals surface area (Å²) in [7, 11) is 0. The number of hydrogen-bond donors (Lipinski definition) is 1. The van der Waals surface area contributed by atoms with Gasteiger partial charge in [-0.05, 0) is 31.0 Å². The second kappa shape index (κ2) is 5.50. The summed E-state index contributed by atoms with van der Waals surface area (Å²) < 4.78 is 0. The number of hydrogen-bond acceptors (Lipinski definition) is 2. The largest absolute Gasteiger partial charge is 0.398 e. The van der Waals surface area contributed by atoms with Gasteiger partial charge in [-0.25, -0.2) is 0 Å². The number of Topliss-reactive ketones (excluding diaryl/α,β-unsaturated/α-hetero) is 1. The summed E-state index contributed by atoms with van der Waals surface area (Å²) in [5, 5.41) is 0. The summed E-state index contributed by atoms with van der Waals surface area (Å²) in [5.41, 5.74) is 9.29. The van der Waals surface area contributed by atoms with Crippen LogP contribution in [0.15, 0.2) is 48.5 Å². The molecule has 0 fully saturated rings. The van der Waals surface area contributed by atoms with Gasteiger partial charge in [0.05, 0.1) is 0 Å². The third-order valence-electron chi connectivity index (χ3n) is 2.99. The van der Waals surface area contributed by atoms with Crippen LogP contribution in [0.3, 0.4) is 0 Å². The van der Waals surface area contributed by atoms with Crippen LogP contribution in [-0.2, 0) is 6.42 Å². The average molecular weight is 239 g/mol. The van der Waals surface area contributed by atoms with Crippen LogP contribution >= 0.6 is 0 Å². The summed E-state index contributed by atoms with van der Waals surface area (Å²) in [6, 6.07) is 15.6. The second-order valence-electron chi connectivity index (χ2n) is 4.50. The van der Waals surface area contributed by atoms with Crippen molar-refractivity contribution in [2.75, 3.05) is 5.73 Å². The highest BCUT2D eigenvalue weighted by molar-refractivity contribution is 6.01. The molecule has 2 aromatic carbocycles. The highest BCUT2D eigenvalue weighted by Crippen LogP contribution is 2.17. The molecule has 2 heteroatoms. The lowest BCUT2D eigenvalue weighted by Crippen LogP contribution is -2.05. The molecule has 0 saturated carbocycles. The molecule has 2 N–H and O–H groups in total. The average Bonchev–Trinajstić information content (AvgIpc) is 2.40. The SMILES string of the molecule is Cc1ccc(N)c(C(=O)CCc2ccccc2)c1. The molecule has 0 atom stereocenters. The number of ketones is 1. The van der Waals surface area contributed by atoms with Gasteiger partial charge >= 0.3 is 0 Å². The van der Waals surface area contributed by atoms with E-state index in [0.29, 0.717) is 17.7 Å². The maximum atomic E-state index is 12.1. The van der Waals surface area contributed by atoms with Crippen molar-refractivity contribution in [3.8, 4) is 0 Å². The Balaban J connectivity index is 2.06. The Morgan fingerprint density at radius 3 is 2.56 bits per heavy atom. The lowest BCUT2D eigenvalue weighted by atomic mass is 10.00. The smallest absolute Gasteiger partial charge is 0.165 e. The van der Waals surface area contributed by atoms with Crippen LogP contribution in [0.4, 0.5) is 5.69 Å². The van der Waals surface area contributed by atoms with E-state index in [1.165, 1.54) is 5.56 Å². The number of carbonyl (C=O) groups is 1. The Bertz CT molecular complexity index is 546. The summed E-state index contributed by atoms with van der Waals surface area (Å²) in [6.45, 7) is 1.97. The van der Waals surface area contributed by atoms with E-state index in [9.17, 15) is 4.79 Å². The van der Waals surface area contributed by atoms with Gasteiger partial charge in [0.15, 0.2) is 5.78 Å². The molecule has 0 radical (unpaired) electrons. The normalized spacial score (nSPS) is 10.3. The van der Waals surface area contributed by atoms with Gasteiger partial charge in [0, 0.05) is 17.7 Å². The molecule has 92 valence electrons. The third-order valence-corrected chi connectivity index (χ3v) is 2.99. The van der Waals surface area contributed by atoms with Gasteiger partial charge in [-0.15, -0.1) is 0 Å². The maximum Gasteiger partial charge on any atom is 0.165 e. The molecule has 18 heavy (non-hydrogen) atoms. The first kappa shape index (κ1) is 12.4. The van der Waals surface area contributed by atoms with E-state index < -0.39 is 0 Å². The molecule has 0 unspecified atom stereocenters. The van der Waals surface area contributed by atoms with Crippen LogP contribution in [-0.4, -0.2) is 5.78 Å². The lowest BCUT2D eigenvalue weighted by Gasteiger charge is -2.06. The summed E-state index contributed by atoms with van der Waals surface area (Å²) >= 11 is 0. The molecule has 2 aromatic rings. The van der Waals surface area contributed by atoms with Crippen LogP contribution in [0.5, 0.6) is 0 Å². The Hall–Kier alpha value is -2.09. The minimum atomic E-state index is 0.111. The fraction of sp³-hybridized carbons (Fsp3) is 0.188. The fourth-order valence-electron chi connectivity index (χ4n) is 1.95. The number of benzene rings is 2. The van der Waals surface area contributed by atoms with Crippen LogP contribution in [0, 0.1) is 6.92 Å². The van der Waals surface area contributed by atoms with Gasteiger partial charge in [-0.3, -0.25) is 4.79 Å². The first-order valence-corrected chi connectivity index (χ1v) is 6.10. The molecule has 2 rings (SSSR count). The molecular formula is C16H17NO. The van der Waals surface area contributed by atoms with Crippen molar-refractivity contribution in [1.82, 2.24) is 0 Å². The topological polar surface area (TPSA) is 43.1 Å². The summed E-state index contributed by atoms with van der Waals surface area (Å²) in [6.07, 6.45) is 1.25. The van der Waals surface area contributed by atoms with Gasteiger partial charge < -0.3 is 5.73 Å². The Kier molecular flexibility index (Phi) is 3.78. The van der Waals surface area contributed by atoms with Gasteiger partial charge in [-0.1, -0.05) is 42.0 Å². The van der Waals surface area contributed by atoms with E-state index in [-0.39, 0.29) is 5.78 Å². The van der Waals surface area contributed by atoms with E-state index in [1.807, 2.05) is 49.4 Å². The zero-order valence-corrected chi connectivity index (χ0v) is 10.5. The predicted octanol–water partition coefficient (Wildman–Crippen LogP) is 3.39. The summed E-state index contributed by atoms with van der Waals surface area (Å²) in [4.78, 5) is 12.1. The van der Waals surface area contributed by atoms with Crippen LogP contribution in [0.25, 0.3) is 0 Å². The molecule has 0 heterocycles. The van der Waals surface area contributed by atoms with Crippen molar-refractivity contribution in [2.45, 2.75) is 19.8 Å². The molecule has 0 spiro atoms. The van der Waals surface area contributed by atoms with E-state index in [1.54, 1.807) is 6.07 Å². The van der Waals surface area contributed by atoms with Crippen LogP contribution in [0.1, 0.15) is 27.9 Å². The molecule has 2 nitrogen and oxygen atoms in total. The number of nitrogens with two attached hydrogens (primary N) is 1. The van der Waals surface area contributed by atoms with Gasteiger partial charge in [0.25, 0.3) is 0 Å². The second-order valence-corrected chi connectivity index (χ2v) is 4.50. The van der Waals surface area contributed by atoms with Crippen molar-refractivity contribution < 1.29 is 4.79 Å². The molecule has 0 amide bonds.